The molecule has 1 heterocycles. The number of rotatable bonds is 8. The maximum atomic E-state index is 11.0. The smallest absolute Gasteiger partial charge is 0.317 e. The third-order valence-corrected chi connectivity index (χ3v) is 3.85. The van der Waals surface area contributed by atoms with Gasteiger partial charge in [0.05, 0.1) is 6.54 Å². The minimum Gasteiger partial charge on any atom is -0.480 e. The van der Waals surface area contributed by atoms with Crippen LogP contribution in [0.5, 0.6) is 0 Å². The first-order chi connectivity index (χ1) is 8.54. The van der Waals surface area contributed by atoms with E-state index in [0.29, 0.717) is 0 Å². The summed E-state index contributed by atoms with van der Waals surface area (Å²) in [6, 6.07) is 4.32. The molecule has 4 nitrogen and oxygen atoms in total. The van der Waals surface area contributed by atoms with E-state index in [1.54, 1.807) is 11.3 Å². The van der Waals surface area contributed by atoms with Crippen LogP contribution in [-0.2, 0) is 4.79 Å². The molecule has 1 unspecified atom stereocenters. The highest BCUT2D eigenvalue weighted by Crippen LogP contribution is 2.27. The monoisotopic (exact) mass is 270 g/mol. The molecule has 1 aromatic heterocycles. The standard InChI is InChI=1S/C13H22N2O2S/c1-4-11(12-6-5-9-18-12)15(10-13(16)17)8-7-14(2)3/h5-6,9,11H,4,7-8,10H2,1-3H3,(H,16,17). The number of hydrogen-bond acceptors (Lipinski definition) is 4. The lowest BCUT2D eigenvalue weighted by Gasteiger charge is -2.30. The predicted molar refractivity (Wildman–Crippen MR) is 75.1 cm³/mol. The summed E-state index contributed by atoms with van der Waals surface area (Å²) < 4.78 is 0. The van der Waals surface area contributed by atoms with Gasteiger partial charge < -0.3 is 10.0 Å². The van der Waals surface area contributed by atoms with Crippen molar-refractivity contribution in [3.05, 3.63) is 22.4 Å². The van der Waals surface area contributed by atoms with Crippen LogP contribution in [-0.4, -0.2) is 54.6 Å². The Kier molecular flexibility index (Phi) is 6.32. The summed E-state index contributed by atoms with van der Waals surface area (Å²) in [7, 11) is 4.01. The molecule has 5 heteroatoms. The molecule has 18 heavy (non-hydrogen) atoms. The topological polar surface area (TPSA) is 43.8 Å². The summed E-state index contributed by atoms with van der Waals surface area (Å²) in [5, 5.41) is 11.1. The van der Waals surface area contributed by atoms with Crippen LogP contribution in [0, 0.1) is 0 Å². The van der Waals surface area contributed by atoms with Crippen LogP contribution in [0.25, 0.3) is 0 Å². The molecule has 0 saturated heterocycles. The van der Waals surface area contributed by atoms with Crippen LogP contribution >= 0.6 is 11.3 Å². The number of aliphatic carboxylic acids is 1. The van der Waals surface area contributed by atoms with Gasteiger partial charge >= 0.3 is 5.97 Å². The van der Waals surface area contributed by atoms with Crippen molar-refractivity contribution >= 4 is 17.3 Å². The zero-order valence-corrected chi connectivity index (χ0v) is 12.1. The molecule has 0 saturated carbocycles. The van der Waals surface area contributed by atoms with E-state index < -0.39 is 5.97 Å². The van der Waals surface area contributed by atoms with E-state index in [2.05, 4.69) is 17.9 Å². The summed E-state index contributed by atoms with van der Waals surface area (Å²) >= 11 is 1.70. The van der Waals surface area contributed by atoms with Crippen molar-refractivity contribution in [3.8, 4) is 0 Å². The largest absolute Gasteiger partial charge is 0.480 e. The maximum Gasteiger partial charge on any atom is 0.317 e. The van der Waals surface area contributed by atoms with Gasteiger partial charge in [0.25, 0.3) is 0 Å². The highest BCUT2D eigenvalue weighted by atomic mass is 32.1. The zero-order chi connectivity index (χ0) is 13.5. The van der Waals surface area contributed by atoms with Crippen molar-refractivity contribution in [1.82, 2.24) is 9.80 Å². The molecule has 0 aromatic carbocycles. The first-order valence-corrected chi connectivity index (χ1v) is 7.06. The average molecular weight is 270 g/mol. The molecular formula is C13H22N2O2S. The maximum absolute atomic E-state index is 11.0. The molecule has 0 bridgehead atoms. The van der Waals surface area contributed by atoms with Gasteiger partial charge in [-0.05, 0) is 32.0 Å². The highest BCUT2D eigenvalue weighted by molar-refractivity contribution is 7.10. The second-order valence-corrected chi connectivity index (χ2v) is 5.59. The second-order valence-electron chi connectivity index (χ2n) is 4.61. The normalized spacial score (nSPS) is 13.2. The summed E-state index contributed by atoms with van der Waals surface area (Å²) in [6.45, 7) is 3.85. The van der Waals surface area contributed by atoms with E-state index in [-0.39, 0.29) is 12.6 Å². The molecule has 1 aromatic rings. The van der Waals surface area contributed by atoms with E-state index in [9.17, 15) is 4.79 Å². The van der Waals surface area contributed by atoms with E-state index >= 15 is 0 Å². The Hall–Kier alpha value is -0.910. The summed E-state index contributed by atoms with van der Waals surface area (Å²) in [4.78, 5) is 16.4. The number of carboxylic acids is 1. The molecule has 1 atom stereocenters. The number of thiophene rings is 1. The summed E-state index contributed by atoms with van der Waals surface area (Å²) in [5.74, 6) is -0.760. The Morgan fingerprint density at radius 3 is 2.61 bits per heavy atom. The molecular weight excluding hydrogens is 248 g/mol. The van der Waals surface area contributed by atoms with Gasteiger partial charge in [-0.1, -0.05) is 13.0 Å². The van der Waals surface area contributed by atoms with Crippen molar-refractivity contribution in [1.29, 1.82) is 0 Å². The van der Waals surface area contributed by atoms with Crippen molar-refractivity contribution in [3.63, 3.8) is 0 Å². The summed E-state index contributed by atoms with van der Waals surface area (Å²) in [6.07, 6.45) is 0.932. The molecule has 0 spiro atoms. The number of hydrogen-bond donors (Lipinski definition) is 1. The first kappa shape index (κ1) is 15.1. The fourth-order valence-corrected chi connectivity index (χ4v) is 2.91. The van der Waals surface area contributed by atoms with Gasteiger partial charge in [0.15, 0.2) is 0 Å². The Labute approximate surface area is 113 Å². The predicted octanol–water partition coefficient (Wildman–Crippen LogP) is 2.15. The minimum absolute atomic E-state index is 0.101. The second kappa shape index (κ2) is 7.51. The number of carbonyl (C=O) groups is 1. The minimum atomic E-state index is -0.760. The van der Waals surface area contributed by atoms with Gasteiger partial charge in [-0.25, -0.2) is 0 Å². The van der Waals surface area contributed by atoms with E-state index in [4.69, 9.17) is 5.11 Å². The molecule has 0 radical (unpaired) electrons. The Morgan fingerprint density at radius 2 is 2.17 bits per heavy atom. The third kappa shape index (κ3) is 4.76. The third-order valence-electron chi connectivity index (χ3n) is 2.87. The summed E-state index contributed by atoms with van der Waals surface area (Å²) in [5.41, 5.74) is 0. The van der Waals surface area contributed by atoms with E-state index in [1.807, 2.05) is 30.4 Å². The molecule has 0 fully saturated rings. The lowest BCUT2D eigenvalue weighted by atomic mass is 10.1. The van der Waals surface area contributed by atoms with Gasteiger partial charge in [-0.2, -0.15) is 0 Å². The van der Waals surface area contributed by atoms with Crippen molar-refractivity contribution in [2.24, 2.45) is 0 Å². The molecule has 0 aliphatic rings. The van der Waals surface area contributed by atoms with Crippen molar-refractivity contribution in [2.45, 2.75) is 19.4 Å². The average Bonchev–Trinajstić information content (AvgIpc) is 2.79. The van der Waals surface area contributed by atoms with Gasteiger partial charge in [-0.15, -0.1) is 11.3 Å². The van der Waals surface area contributed by atoms with Gasteiger partial charge in [0, 0.05) is 24.0 Å². The Bertz CT molecular complexity index is 352. The zero-order valence-electron chi connectivity index (χ0n) is 11.3. The molecule has 1 rings (SSSR count). The van der Waals surface area contributed by atoms with Crippen LogP contribution in [0.15, 0.2) is 17.5 Å². The van der Waals surface area contributed by atoms with Crippen molar-refractivity contribution in [2.75, 3.05) is 33.7 Å². The first-order valence-electron chi connectivity index (χ1n) is 6.18. The van der Waals surface area contributed by atoms with Crippen LogP contribution in [0.2, 0.25) is 0 Å². The van der Waals surface area contributed by atoms with Crippen molar-refractivity contribution < 1.29 is 9.90 Å². The molecule has 1 N–H and O–H groups in total. The fraction of sp³-hybridized carbons (Fsp3) is 0.615. The molecule has 0 amide bonds. The highest BCUT2D eigenvalue weighted by Gasteiger charge is 2.21. The number of nitrogens with zero attached hydrogens (tertiary/aromatic N) is 2. The van der Waals surface area contributed by atoms with Crippen LogP contribution < -0.4 is 0 Å². The quantitative estimate of drug-likeness (QED) is 0.786. The van der Waals surface area contributed by atoms with Crippen LogP contribution in [0.4, 0.5) is 0 Å². The molecule has 0 aliphatic carbocycles. The van der Waals surface area contributed by atoms with E-state index in [0.717, 1.165) is 19.5 Å². The number of carboxylic acid groups (broad SMARTS) is 1. The number of likely N-dealkylation sites (N-methyl/N-ethyl adjacent to an activating group) is 1. The fourth-order valence-electron chi connectivity index (χ4n) is 1.97. The molecule has 0 aliphatic heterocycles. The van der Waals surface area contributed by atoms with Crippen LogP contribution in [0.3, 0.4) is 0 Å². The lowest BCUT2D eigenvalue weighted by Crippen LogP contribution is -2.38. The van der Waals surface area contributed by atoms with E-state index in [1.165, 1.54) is 4.88 Å². The van der Waals surface area contributed by atoms with Gasteiger partial charge in [0.2, 0.25) is 0 Å². The van der Waals surface area contributed by atoms with Gasteiger partial charge in [-0.3, -0.25) is 9.69 Å². The van der Waals surface area contributed by atoms with Gasteiger partial charge in [0.1, 0.15) is 0 Å². The Balaban J connectivity index is 2.75. The lowest BCUT2D eigenvalue weighted by molar-refractivity contribution is -0.139. The SMILES string of the molecule is CCC(c1cccs1)N(CCN(C)C)CC(=O)O. The Morgan fingerprint density at radius 1 is 1.44 bits per heavy atom. The molecule has 102 valence electrons. The van der Waals surface area contributed by atoms with Crippen LogP contribution in [0.1, 0.15) is 24.3 Å².